The molecule has 2 aromatic carbocycles. The molecule has 0 aliphatic carbocycles. The molecule has 0 bridgehead atoms. The number of hydrogen-bond donors (Lipinski definition) is 2. The number of nitrogens with zero attached hydrogens (tertiary/aromatic N) is 2. The summed E-state index contributed by atoms with van der Waals surface area (Å²) in [5, 5.41) is 0. The van der Waals surface area contributed by atoms with Gasteiger partial charge in [-0.15, -0.1) is 0 Å². The largest absolute Gasteiger partial charge is 0.437 e. The molecule has 0 aliphatic heterocycles. The van der Waals surface area contributed by atoms with Gasteiger partial charge in [-0.3, -0.25) is 0 Å². The first-order chi connectivity index (χ1) is 14.1. The smallest absolute Gasteiger partial charge is 0.242 e. The van der Waals surface area contributed by atoms with Crippen LogP contribution in [0.3, 0.4) is 0 Å². The number of nitrogen functional groups attached to an aromatic ring is 2. The van der Waals surface area contributed by atoms with Gasteiger partial charge in [0.1, 0.15) is 17.3 Å². The molecule has 144 valence electrons. The summed E-state index contributed by atoms with van der Waals surface area (Å²) in [4.78, 5) is 8.30. The van der Waals surface area contributed by atoms with E-state index < -0.39 is 0 Å². The molecular weight excluding hydrogens is 371 g/mol. The zero-order valence-corrected chi connectivity index (χ0v) is 15.2. The molecule has 0 amide bonds. The number of nitrogens with two attached hydrogens (primary N) is 2. The summed E-state index contributed by atoms with van der Waals surface area (Å²) < 4.78 is 25.1. The third kappa shape index (κ3) is 4.08. The van der Waals surface area contributed by atoms with Gasteiger partial charge in [0.2, 0.25) is 11.8 Å². The number of rotatable bonds is 5. The van der Waals surface area contributed by atoms with Gasteiger partial charge in [-0.25, -0.2) is 14.4 Å². The molecular formula is C22H17FN4O2. The van der Waals surface area contributed by atoms with Gasteiger partial charge in [0.25, 0.3) is 0 Å². The first-order valence-corrected chi connectivity index (χ1v) is 8.77. The summed E-state index contributed by atoms with van der Waals surface area (Å²) in [6.07, 6.45) is 3.17. The standard InChI is InChI=1S/C22H17FN4O2/c23-15-7-5-14(6-8-15)17-10-9-16(28-21-18(24)3-1-11-26-21)13-20(17)29-22-19(25)4-2-12-27-22/h1-13H,24-25H2. The van der Waals surface area contributed by atoms with E-state index in [2.05, 4.69) is 9.97 Å². The number of benzene rings is 2. The first kappa shape index (κ1) is 18.2. The van der Waals surface area contributed by atoms with E-state index in [1.165, 1.54) is 12.1 Å². The summed E-state index contributed by atoms with van der Waals surface area (Å²) in [5.74, 6) is 1.12. The van der Waals surface area contributed by atoms with Gasteiger partial charge in [-0.1, -0.05) is 12.1 Å². The van der Waals surface area contributed by atoms with Crippen molar-refractivity contribution in [3.05, 3.63) is 84.9 Å². The number of anilines is 2. The molecule has 0 unspecified atom stereocenters. The molecule has 6 nitrogen and oxygen atoms in total. The quantitative estimate of drug-likeness (QED) is 0.498. The fraction of sp³-hybridized carbons (Fsp3) is 0. The Hall–Kier alpha value is -4.13. The maximum atomic E-state index is 13.4. The van der Waals surface area contributed by atoms with Crippen LogP contribution < -0.4 is 20.9 Å². The van der Waals surface area contributed by atoms with Gasteiger partial charge < -0.3 is 20.9 Å². The summed E-state index contributed by atoms with van der Waals surface area (Å²) >= 11 is 0. The van der Waals surface area contributed by atoms with Crippen molar-refractivity contribution in [3.8, 4) is 34.4 Å². The second kappa shape index (κ2) is 7.85. The van der Waals surface area contributed by atoms with Crippen LogP contribution in [0.2, 0.25) is 0 Å². The minimum Gasteiger partial charge on any atom is -0.437 e. The molecule has 2 aromatic heterocycles. The topological polar surface area (TPSA) is 96.3 Å². The Kier molecular flexibility index (Phi) is 4.94. The zero-order chi connectivity index (χ0) is 20.2. The molecule has 4 aromatic rings. The lowest BCUT2D eigenvalue weighted by Crippen LogP contribution is -1.97. The molecule has 0 radical (unpaired) electrons. The van der Waals surface area contributed by atoms with E-state index in [1.807, 2.05) is 0 Å². The average molecular weight is 388 g/mol. The minimum atomic E-state index is -0.323. The molecule has 0 atom stereocenters. The van der Waals surface area contributed by atoms with E-state index in [4.69, 9.17) is 20.9 Å². The van der Waals surface area contributed by atoms with E-state index in [-0.39, 0.29) is 17.6 Å². The van der Waals surface area contributed by atoms with E-state index in [0.717, 1.165) is 11.1 Å². The SMILES string of the molecule is Nc1cccnc1Oc1ccc(-c2ccc(F)cc2)c(Oc2ncccc2N)c1. The number of aromatic nitrogens is 2. The van der Waals surface area contributed by atoms with E-state index >= 15 is 0 Å². The monoisotopic (exact) mass is 388 g/mol. The Balaban J connectivity index is 1.75. The highest BCUT2D eigenvalue weighted by Gasteiger charge is 2.13. The van der Waals surface area contributed by atoms with Crippen LogP contribution in [0.25, 0.3) is 11.1 Å². The highest BCUT2D eigenvalue weighted by atomic mass is 19.1. The van der Waals surface area contributed by atoms with Crippen molar-refractivity contribution in [2.75, 3.05) is 11.5 Å². The van der Waals surface area contributed by atoms with Crippen molar-refractivity contribution in [2.45, 2.75) is 0 Å². The Morgan fingerprint density at radius 3 is 1.97 bits per heavy atom. The number of ether oxygens (including phenoxy) is 2. The molecule has 4 rings (SSSR count). The number of halogens is 1. The highest BCUT2D eigenvalue weighted by molar-refractivity contribution is 5.72. The molecule has 0 aliphatic rings. The molecule has 7 heteroatoms. The van der Waals surface area contributed by atoms with Gasteiger partial charge in [0.05, 0.1) is 11.4 Å². The fourth-order valence-corrected chi connectivity index (χ4v) is 2.71. The lowest BCUT2D eigenvalue weighted by atomic mass is 10.0. The second-order valence-electron chi connectivity index (χ2n) is 6.16. The van der Waals surface area contributed by atoms with Crippen molar-refractivity contribution < 1.29 is 13.9 Å². The third-order valence-electron chi connectivity index (χ3n) is 4.13. The fourth-order valence-electron chi connectivity index (χ4n) is 2.71. The van der Waals surface area contributed by atoms with Gasteiger partial charge in [-0.05, 0) is 54.1 Å². The van der Waals surface area contributed by atoms with Crippen LogP contribution in [0.5, 0.6) is 23.3 Å². The van der Waals surface area contributed by atoms with Crippen LogP contribution in [-0.4, -0.2) is 9.97 Å². The lowest BCUT2D eigenvalue weighted by molar-refractivity contribution is 0.445. The highest BCUT2D eigenvalue weighted by Crippen LogP contribution is 2.38. The van der Waals surface area contributed by atoms with Gasteiger partial charge in [0.15, 0.2) is 0 Å². The van der Waals surface area contributed by atoms with Crippen LogP contribution >= 0.6 is 0 Å². The Morgan fingerprint density at radius 2 is 1.34 bits per heavy atom. The van der Waals surface area contributed by atoms with Crippen molar-refractivity contribution >= 4 is 11.4 Å². The number of hydrogen-bond acceptors (Lipinski definition) is 6. The third-order valence-corrected chi connectivity index (χ3v) is 4.13. The van der Waals surface area contributed by atoms with Crippen molar-refractivity contribution in [1.82, 2.24) is 9.97 Å². The van der Waals surface area contributed by atoms with Crippen LogP contribution in [0.15, 0.2) is 79.1 Å². The molecule has 0 fully saturated rings. The molecule has 4 N–H and O–H groups in total. The van der Waals surface area contributed by atoms with Gasteiger partial charge in [0, 0.05) is 24.0 Å². The molecule has 0 saturated carbocycles. The average Bonchev–Trinajstić information content (AvgIpc) is 2.73. The number of pyridine rings is 2. The summed E-state index contributed by atoms with van der Waals surface area (Å²) in [5.41, 5.74) is 14.1. The van der Waals surface area contributed by atoms with Crippen molar-refractivity contribution in [1.29, 1.82) is 0 Å². The Labute approximate surface area is 166 Å². The first-order valence-electron chi connectivity index (χ1n) is 8.77. The van der Waals surface area contributed by atoms with E-state index in [1.54, 1.807) is 67.0 Å². The van der Waals surface area contributed by atoms with Crippen LogP contribution in [0.4, 0.5) is 15.8 Å². The van der Waals surface area contributed by atoms with Crippen LogP contribution in [0, 0.1) is 5.82 Å². The molecule has 2 heterocycles. The molecule has 0 saturated heterocycles. The van der Waals surface area contributed by atoms with Gasteiger partial charge >= 0.3 is 0 Å². The summed E-state index contributed by atoms with van der Waals surface area (Å²) in [7, 11) is 0. The predicted molar refractivity (Wildman–Crippen MR) is 109 cm³/mol. The van der Waals surface area contributed by atoms with E-state index in [0.29, 0.717) is 22.9 Å². The lowest BCUT2D eigenvalue weighted by Gasteiger charge is -2.14. The Morgan fingerprint density at radius 1 is 0.724 bits per heavy atom. The minimum absolute atomic E-state index is 0.255. The molecule has 0 spiro atoms. The van der Waals surface area contributed by atoms with Crippen LogP contribution in [0.1, 0.15) is 0 Å². The maximum absolute atomic E-state index is 13.4. The van der Waals surface area contributed by atoms with E-state index in [9.17, 15) is 4.39 Å². The van der Waals surface area contributed by atoms with Crippen LogP contribution in [-0.2, 0) is 0 Å². The molecule has 29 heavy (non-hydrogen) atoms. The van der Waals surface area contributed by atoms with Gasteiger partial charge in [-0.2, -0.15) is 0 Å². The second-order valence-corrected chi connectivity index (χ2v) is 6.16. The summed E-state index contributed by atoms with van der Waals surface area (Å²) in [6.45, 7) is 0. The normalized spacial score (nSPS) is 10.5. The predicted octanol–water partition coefficient (Wildman–Crippen LogP) is 5.03. The van der Waals surface area contributed by atoms with Crippen molar-refractivity contribution in [3.63, 3.8) is 0 Å². The Bertz CT molecular complexity index is 1150. The summed E-state index contributed by atoms with van der Waals surface area (Å²) in [6, 6.07) is 18.1. The van der Waals surface area contributed by atoms with Crippen molar-refractivity contribution in [2.24, 2.45) is 0 Å². The maximum Gasteiger partial charge on any atom is 0.242 e. The zero-order valence-electron chi connectivity index (χ0n) is 15.2.